The average molecular weight is 197 g/mol. The van der Waals surface area contributed by atoms with Crippen molar-refractivity contribution in [3.63, 3.8) is 0 Å². The molecule has 1 aromatic heterocycles. The van der Waals surface area contributed by atoms with Crippen LogP contribution in [0.1, 0.15) is 5.56 Å². The highest BCUT2D eigenvalue weighted by atomic mass is 32.2. The van der Waals surface area contributed by atoms with Crippen LogP contribution in [-0.4, -0.2) is 24.2 Å². The fourth-order valence-electron chi connectivity index (χ4n) is 1.02. The molecule has 1 unspecified atom stereocenters. The Morgan fingerprint density at radius 1 is 1.69 bits per heavy atom. The van der Waals surface area contributed by atoms with Gasteiger partial charge < -0.3 is 10.0 Å². The van der Waals surface area contributed by atoms with Gasteiger partial charge in [-0.15, -0.1) is 10.7 Å². The van der Waals surface area contributed by atoms with Crippen molar-refractivity contribution in [3.05, 3.63) is 23.9 Å². The predicted molar refractivity (Wildman–Crippen MR) is 61.2 cm³/mol. The van der Waals surface area contributed by atoms with Crippen molar-refractivity contribution in [3.8, 4) is 0 Å². The Morgan fingerprint density at radius 3 is 2.92 bits per heavy atom. The lowest BCUT2D eigenvalue weighted by Crippen LogP contribution is -2.13. The second-order valence-electron chi connectivity index (χ2n) is 2.79. The van der Waals surface area contributed by atoms with Crippen LogP contribution >= 0.6 is 10.7 Å². The molecule has 1 atom stereocenters. The smallest absolute Gasteiger partial charge is 0.142 e. The molecule has 0 saturated carbocycles. The zero-order valence-corrected chi connectivity index (χ0v) is 8.84. The van der Waals surface area contributed by atoms with Crippen LogP contribution in [0.5, 0.6) is 0 Å². The molecule has 0 aliphatic rings. The summed E-state index contributed by atoms with van der Waals surface area (Å²) in [6.45, 7) is 0.519. The molecule has 3 nitrogen and oxygen atoms in total. The van der Waals surface area contributed by atoms with Crippen molar-refractivity contribution in [2.24, 2.45) is 5.73 Å². The van der Waals surface area contributed by atoms with Crippen molar-refractivity contribution < 1.29 is 0 Å². The Morgan fingerprint density at radius 2 is 2.38 bits per heavy atom. The van der Waals surface area contributed by atoms with Gasteiger partial charge in [-0.1, -0.05) is 11.9 Å². The zero-order chi connectivity index (χ0) is 9.84. The molecule has 0 spiro atoms. The van der Waals surface area contributed by atoms with Crippen molar-refractivity contribution >= 4 is 22.4 Å². The number of hydrogen-bond acceptors (Lipinski definition) is 3. The van der Waals surface area contributed by atoms with Crippen LogP contribution < -0.4 is 10.0 Å². The predicted octanol–water partition coefficient (Wildman–Crippen LogP) is 1.22. The van der Waals surface area contributed by atoms with E-state index in [1.165, 1.54) is 0 Å². The quantitative estimate of drug-likeness (QED) is 0.741. The summed E-state index contributed by atoms with van der Waals surface area (Å²) >= 11 is 0. The standard InChI is InChI=1S/C9H15N3S/c1-12(13(2)3)9-8(7-10)5-4-6-11-9/h4-6H,2,7,10H2,1,3H3. The summed E-state index contributed by atoms with van der Waals surface area (Å²) in [5, 5.41) is 0. The molecule has 0 fully saturated rings. The molecule has 0 saturated heterocycles. The number of aromatic nitrogens is 1. The van der Waals surface area contributed by atoms with Crippen molar-refractivity contribution in [2.75, 3.05) is 17.6 Å². The molecule has 1 aromatic rings. The lowest BCUT2D eigenvalue weighted by molar-refractivity contribution is 1.03. The third kappa shape index (κ3) is 2.29. The van der Waals surface area contributed by atoms with Gasteiger partial charge in [0, 0.05) is 25.4 Å². The van der Waals surface area contributed by atoms with Gasteiger partial charge in [0.2, 0.25) is 0 Å². The molecule has 13 heavy (non-hydrogen) atoms. The van der Waals surface area contributed by atoms with Gasteiger partial charge in [-0.2, -0.15) is 0 Å². The summed E-state index contributed by atoms with van der Waals surface area (Å²) in [7, 11) is 1.93. The summed E-state index contributed by atoms with van der Waals surface area (Å²) in [5.74, 6) is 4.90. The molecular weight excluding hydrogens is 182 g/mol. The first-order chi connectivity index (χ1) is 6.16. The van der Waals surface area contributed by atoms with Crippen LogP contribution in [0.4, 0.5) is 5.82 Å². The Bertz CT molecular complexity index is 311. The molecule has 1 heterocycles. The fourth-order valence-corrected chi connectivity index (χ4v) is 1.48. The number of pyridine rings is 1. The third-order valence-corrected chi connectivity index (χ3v) is 2.96. The highest BCUT2D eigenvalue weighted by Crippen LogP contribution is 2.22. The summed E-state index contributed by atoms with van der Waals surface area (Å²) in [6.07, 6.45) is 3.83. The van der Waals surface area contributed by atoms with E-state index in [0.717, 1.165) is 11.4 Å². The molecule has 0 radical (unpaired) electrons. The number of hydrogen-bond donors (Lipinski definition) is 1. The molecule has 2 N–H and O–H groups in total. The van der Waals surface area contributed by atoms with Crippen LogP contribution in [0, 0.1) is 0 Å². The summed E-state index contributed by atoms with van der Waals surface area (Å²) in [4.78, 5) is 4.28. The molecule has 0 bridgehead atoms. The lowest BCUT2D eigenvalue weighted by Gasteiger charge is -2.20. The second kappa shape index (κ2) is 4.39. The van der Waals surface area contributed by atoms with E-state index in [-0.39, 0.29) is 10.7 Å². The van der Waals surface area contributed by atoms with Crippen LogP contribution in [0.2, 0.25) is 0 Å². The largest absolute Gasteiger partial charge is 0.326 e. The van der Waals surface area contributed by atoms with Gasteiger partial charge in [-0.3, -0.25) is 0 Å². The molecule has 4 heteroatoms. The Labute approximate surface area is 81.6 Å². The average Bonchev–Trinajstić information content (AvgIpc) is 2.16. The highest BCUT2D eigenvalue weighted by Gasteiger charge is 2.06. The van der Waals surface area contributed by atoms with E-state index in [2.05, 4.69) is 17.1 Å². The summed E-state index contributed by atoms with van der Waals surface area (Å²) in [5.41, 5.74) is 6.67. The molecule has 1 rings (SSSR count). The van der Waals surface area contributed by atoms with Gasteiger partial charge in [0.25, 0.3) is 0 Å². The first-order valence-corrected chi connectivity index (χ1v) is 5.76. The van der Waals surface area contributed by atoms with E-state index in [1.807, 2.05) is 23.5 Å². The summed E-state index contributed by atoms with van der Waals surface area (Å²) < 4.78 is 2.04. The van der Waals surface area contributed by atoms with E-state index < -0.39 is 0 Å². The van der Waals surface area contributed by atoms with Crippen molar-refractivity contribution in [1.82, 2.24) is 4.98 Å². The molecule has 0 amide bonds. The Hall–Kier alpha value is -0.870. The fraction of sp³-hybridized carbons (Fsp3) is 0.333. The minimum Gasteiger partial charge on any atom is -0.326 e. The maximum Gasteiger partial charge on any atom is 0.142 e. The van der Waals surface area contributed by atoms with Gasteiger partial charge in [0.05, 0.1) is 0 Å². The van der Waals surface area contributed by atoms with E-state index in [9.17, 15) is 0 Å². The first kappa shape index (κ1) is 10.2. The van der Waals surface area contributed by atoms with Gasteiger partial charge in [0.15, 0.2) is 0 Å². The maximum atomic E-state index is 5.60. The maximum absolute atomic E-state index is 5.60. The third-order valence-electron chi connectivity index (χ3n) is 1.85. The van der Waals surface area contributed by atoms with Crippen molar-refractivity contribution in [1.29, 1.82) is 0 Å². The van der Waals surface area contributed by atoms with Crippen LogP contribution in [0.3, 0.4) is 0 Å². The molecule has 72 valence electrons. The SMILES string of the molecule is C=S(C)N(C)c1ncccc1CN. The van der Waals surface area contributed by atoms with Gasteiger partial charge in [0.1, 0.15) is 5.82 Å². The number of nitrogens with two attached hydrogens (primary N) is 1. The van der Waals surface area contributed by atoms with Crippen molar-refractivity contribution in [2.45, 2.75) is 6.54 Å². The first-order valence-electron chi connectivity index (χ1n) is 4.00. The topological polar surface area (TPSA) is 42.2 Å². The minimum absolute atomic E-state index is 0.0579. The second-order valence-corrected chi connectivity index (χ2v) is 4.54. The number of anilines is 1. The van der Waals surface area contributed by atoms with E-state index in [4.69, 9.17) is 5.73 Å². The van der Waals surface area contributed by atoms with Crippen LogP contribution in [0.25, 0.3) is 0 Å². The molecule has 0 aromatic carbocycles. The zero-order valence-electron chi connectivity index (χ0n) is 8.03. The van der Waals surface area contributed by atoms with E-state index in [1.54, 1.807) is 6.20 Å². The van der Waals surface area contributed by atoms with E-state index in [0.29, 0.717) is 6.54 Å². The van der Waals surface area contributed by atoms with Gasteiger partial charge >= 0.3 is 0 Å². The Balaban J connectivity index is 3.05. The molecule has 0 aliphatic carbocycles. The van der Waals surface area contributed by atoms with Crippen LogP contribution in [0.15, 0.2) is 18.3 Å². The Kier molecular flexibility index (Phi) is 3.45. The highest BCUT2D eigenvalue weighted by molar-refractivity contribution is 8.14. The molecular formula is C9H15N3S. The summed E-state index contributed by atoms with van der Waals surface area (Å²) in [6, 6.07) is 3.89. The number of rotatable bonds is 3. The van der Waals surface area contributed by atoms with E-state index >= 15 is 0 Å². The van der Waals surface area contributed by atoms with Gasteiger partial charge in [-0.25, -0.2) is 4.98 Å². The lowest BCUT2D eigenvalue weighted by atomic mass is 10.2. The molecule has 0 aliphatic heterocycles. The normalized spacial score (nSPS) is 12.5. The number of nitrogens with zero attached hydrogens (tertiary/aromatic N) is 2. The van der Waals surface area contributed by atoms with Gasteiger partial charge in [-0.05, 0) is 12.3 Å². The minimum atomic E-state index is -0.0579. The van der Waals surface area contributed by atoms with Crippen LogP contribution in [-0.2, 0) is 6.54 Å². The monoisotopic (exact) mass is 197 g/mol.